The Morgan fingerprint density at radius 2 is 1.78 bits per heavy atom. The fourth-order valence-corrected chi connectivity index (χ4v) is 2.84. The molecule has 0 radical (unpaired) electrons. The van der Waals surface area contributed by atoms with Crippen LogP contribution in [0.25, 0.3) is 0 Å². The summed E-state index contributed by atoms with van der Waals surface area (Å²) in [6.45, 7) is 2.51. The molecular weight excluding hydrogens is 366 g/mol. The summed E-state index contributed by atoms with van der Waals surface area (Å²) < 4.78 is 16.2. The van der Waals surface area contributed by atoms with Crippen LogP contribution in [0.15, 0.2) is 42.5 Å². The molecule has 0 aromatic heterocycles. The summed E-state index contributed by atoms with van der Waals surface area (Å²) in [7, 11) is 3.20. The van der Waals surface area contributed by atoms with Crippen molar-refractivity contribution in [2.24, 2.45) is 0 Å². The van der Waals surface area contributed by atoms with Crippen LogP contribution in [0.3, 0.4) is 0 Å². The molecule has 0 aliphatic rings. The second kappa shape index (κ2) is 10.7. The van der Waals surface area contributed by atoms with Crippen LogP contribution in [0, 0.1) is 0 Å². The van der Waals surface area contributed by atoms with Crippen LogP contribution >= 0.6 is 11.6 Å². The average molecular weight is 392 g/mol. The molecule has 0 fully saturated rings. The molecule has 1 amide bonds. The standard InChI is InChI=1S/C21H26ClNO4/c1-4-18(15-7-12-19(25-2)20(14-15)26-3)23-21(24)6-5-13-27-17-10-8-16(22)9-11-17/h7-12,14,18H,4-6,13H2,1-3H3,(H,23,24). The SMILES string of the molecule is CCC(NC(=O)CCCOc1ccc(Cl)cc1)c1ccc(OC)c(OC)c1. The van der Waals surface area contributed by atoms with Crippen LogP contribution in [0.5, 0.6) is 17.2 Å². The second-order valence-corrected chi connectivity index (χ2v) is 6.49. The first kappa shape index (κ1) is 20.9. The fourth-order valence-electron chi connectivity index (χ4n) is 2.71. The Balaban J connectivity index is 1.83. The zero-order valence-corrected chi connectivity index (χ0v) is 16.7. The maximum atomic E-state index is 12.3. The van der Waals surface area contributed by atoms with Gasteiger partial charge in [0.15, 0.2) is 11.5 Å². The van der Waals surface area contributed by atoms with Gasteiger partial charge in [-0.25, -0.2) is 0 Å². The largest absolute Gasteiger partial charge is 0.494 e. The molecule has 1 unspecified atom stereocenters. The highest BCUT2D eigenvalue weighted by Crippen LogP contribution is 2.30. The highest BCUT2D eigenvalue weighted by Gasteiger charge is 2.15. The number of amides is 1. The van der Waals surface area contributed by atoms with Crippen LogP contribution in [0.4, 0.5) is 0 Å². The highest BCUT2D eigenvalue weighted by atomic mass is 35.5. The lowest BCUT2D eigenvalue weighted by atomic mass is 10.0. The summed E-state index contributed by atoms with van der Waals surface area (Å²) in [5.74, 6) is 2.06. The first-order chi connectivity index (χ1) is 13.1. The van der Waals surface area contributed by atoms with Gasteiger partial charge < -0.3 is 19.5 Å². The number of hydrogen-bond donors (Lipinski definition) is 1. The van der Waals surface area contributed by atoms with E-state index in [1.54, 1.807) is 26.4 Å². The van der Waals surface area contributed by atoms with Crippen LogP contribution < -0.4 is 19.5 Å². The first-order valence-corrected chi connectivity index (χ1v) is 9.34. The van der Waals surface area contributed by atoms with E-state index in [9.17, 15) is 4.79 Å². The predicted octanol–water partition coefficient (Wildman–Crippen LogP) is 4.78. The van der Waals surface area contributed by atoms with E-state index in [2.05, 4.69) is 5.32 Å². The number of hydrogen-bond acceptors (Lipinski definition) is 4. The van der Waals surface area contributed by atoms with Crippen molar-refractivity contribution in [1.82, 2.24) is 5.32 Å². The molecule has 1 N–H and O–H groups in total. The summed E-state index contributed by atoms with van der Waals surface area (Å²) in [6, 6.07) is 12.8. The smallest absolute Gasteiger partial charge is 0.220 e. The zero-order chi connectivity index (χ0) is 19.6. The molecule has 0 bridgehead atoms. The van der Waals surface area contributed by atoms with Gasteiger partial charge in [0.05, 0.1) is 26.9 Å². The summed E-state index contributed by atoms with van der Waals surface area (Å²) in [4.78, 5) is 12.3. The minimum atomic E-state index is -0.0745. The topological polar surface area (TPSA) is 56.8 Å². The Morgan fingerprint density at radius 1 is 1.07 bits per heavy atom. The Morgan fingerprint density at radius 3 is 2.41 bits per heavy atom. The highest BCUT2D eigenvalue weighted by molar-refractivity contribution is 6.30. The third kappa shape index (κ3) is 6.36. The van der Waals surface area contributed by atoms with Gasteiger partial charge in [-0.3, -0.25) is 4.79 Å². The number of halogens is 1. The normalized spacial score (nSPS) is 11.6. The lowest BCUT2D eigenvalue weighted by Crippen LogP contribution is -2.28. The third-order valence-corrected chi connectivity index (χ3v) is 4.44. The molecule has 146 valence electrons. The molecule has 0 heterocycles. The van der Waals surface area contributed by atoms with Crippen molar-refractivity contribution in [3.63, 3.8) is 0 Å². The van der Waals surface area contributed by atoms with Gasteiger partial charge in [0.1, 0.15) is 5.75 Å². The fraction of sp³-hybridized carbons (Fsp3) is 0.381. The summed E-state index contributed by atoms with van der Waals surface area (Å²) >= 11 is 5.84. The van der Waals surface area contributed by atoms with Crippen LogP contribution in [-0.4, -0.2) is 26.7 Å². The Hall–Kier alpha value is -2.40. The van der Waals surface area contributed by atoms with Crippen LogP contribution in [0.2, 0.25) is 5.02 Å². The lowest BCUT2D eigenvalue weighted by molar-refractivity contribution is -0.122. The van der Waals surface area contributed by atoms with E-state index >= 15 is 0 Å². The van der Waals surface area contributed by atoms with Crippen molar-refractivity contribution >= 4 is 17.5 Å². The van der Waals surface area contributed by atoms with Gasteiger partial charge in [-0.15, -0.1) is 0 Å². The third-order valence-electron chi connectivity index (χ3n) is 4.18. The molecule has 1 atom stereocenters. The van der Waals surface area contributed by atoms with Crippen molar-refractivity contribution in [1.29, 1.82) is 0 Å². The molecular formula is C21H26ClNO4. The number of rotatable bonds is 10. The first-order valence-electron chi connectivity index (χ1n) is 8.97. The predicted molar refractivity (Wildman–Crippen MR) is 107 cm³/mol. The lowest BCUT2D eigenvalue weighted by Gasteiger charge is -2.19. The molecule has 2 rings (SSSR count). The summed E-state index contributed by atoms with van der Waals surface area (Å²) in [5.41, 5.74) is 0.987. The average Bonchev–Trinajstić information content (AvgIpc) is 2.70. The van der Waals surface area contributed by atoms with Crippen molar-refractivity contribution in [3.05, 3.63) is 53.1 Å². The minimum Gasteiger partial charge on any atom is -0.494 e. The maximum absolute atomic E-state index is 12.3. The molecule has 5 nitrogen and oxygen atoms in total. The van der Waals surface area contributed by atoms with Crippen molar-refractivity contribution in [2.45, 2.75) is 32.2 Å². The number of methoxy groups -OCH3 is 2. The van der Waals surface area contributed by atoms with Gasteiger partial charge in [0.2, 0.25) is 5.91 Å². The van der Waals surface area contributed by atoms with Crippen LogP contribution in [0.1, 0.15) is 37.8 Å². The molecule has 27 heavy (non-hydrogen) atoms. The molecule has 2 aromatic rings. The van der Waals surface area contributed by atoms with E-state index < -0.39 is 0 Å². The quantitative estimate of drug-likeness (QED) is 0.592. The monoisotopic (exact) mass is 391 g/mol. The van der Waals surface area contributed by atoms with Gasteiger partial charge >= 0.3 is 0 Å². The van der Waals surface area contributed by atoms with E-state index in [0.717, 1.165) is 17.7 Å². The second-order valence-electron chi connectivity index (χ2n) is 6.05. The van der Waals surface area contributed by atoms with Gasteiger partial charge in [0, 0.05) is 11.4 Å². The number of carbonyl (C=O) groups excluding carboxylic acids is 1. The molecule has 0 saturated heterocycles. The number of benzene rings is 2. The zero-order valence-electron chi connectivity index (χ0n) is 16.0. The number of nitrogens with one attached hydrogen (secondary N) is 1. The van der Waals surface area contributed by atoms with Gasteiger partial charge in [-0.05, 0) is 54.8 Å². The van der Waals surface area contributed by atoms with E-state index in [1.165, 1.54) is 0 Å². The summed E-state index contributed by atoms with van der Waals surface area (Å²) in [6.07, 6.45) is 1.82. The van der Waals surface area contributed by atoms with E-state index in [0.29, 0.717) is 36.0 Å². The maximum Gasteiger partial charge on any atom is 0.220 e. The molecule has 2 aromatic carbocycles. The Bertz CT molecular complexity index is 733. The van der Waals surface area contributed by atoms with E-state index in [1.807, 2.05) is 37.3 Å². The minimum absolute atomic E-state index is 0.00339. The molecule has 0 spiro atoms. The van der Waals surface area contributed by atoms with Crippen molar-refractivity contribution in [2.75, 3.05) is 20.8 Å². The van der Waals surface area contributed by atoms with Gasteiger partial charge in [-0.1, -0.05) is 24.6 Å². The van der Waals surface area contributed by atoms with Gasteiger partial charge in [0.25, 0.3) is 0 Å². The number of carbonyl (C=O) groups is 1. The number of ether oxygens (including phenoxy) is 3. The van der Waals surface area contributed by atoms with Gasteiger partial charge in [-0.2, -0.15) is 0 Å². The molecule has 0 aliphatic heterocycles. The molecule has 0 aliphatic carbocycles. The Labute approximate surface area is 165 Å². The van der Waals surface area contributed by atoms with Crippen molar-refractivity contribution < 1.29 is 19.0 Å². The van der Waals surface area contributed by atoms with E-state index in [4.69, 9.17) is 25.8 Å². The van der Waals surface area contributed by atoms with Crippen molar-refractivity contribution in [3.8, 4) is 17.2 Å². The van der Waals surface area contributed by atoms with E-state index in [-0.39, 0.29) is 11.9 Å². The Kier molecular flexibility index (Phi) is 8.27. The molecule has 0 saturated carbocycles. The van der Waals surface area contributed by atoms with Crippen LogP contribution in [-0.2, 0) is 4.79 Å². The molecule has 6 heteroatoms. The summed E-state index contributed by atoms with van der Waals surface area (Å²) in [5, 5.41) is 3.74.